The van der Waals surface area contributed by atoms with Crippen LogP contribution < -0.4 is 9.47 Å². The first-order chi connectivity index (χ1) is 12.0. The van der Waals surface area contributed by atoms with Crippen molar-refractivity contribution in [3.8, 4) is 33.8 Å². The highest BCUT2D eigenvalue weighted by Crippen LogP contribution is 2.40. The molecule has 1 heterocycles. The average molecular weight is 359 g/mol. The van der Waals surface area contributed by atoms with E-state index in [0.29, 0.717) is 22.8 Å². The Morgan fingerprint density at radius 3 is 2.00 bits per heavy atom. The molecule has 25 heavy (non-hydrogen) atoms. The van der Waals surface area contributed by atoms with E-state index in [1.54, 1.807) is 32.4 Å². The number of aryl methyl sites for hydroxylation is 1. The summed E-state index contributed by atoms with van der Waals surface area (Å²) in [4.78, 5) is 0. The average Bonchev–Trinajstić information content (AvgIpc) is 2.63. The number of halogens is 2. The van der Waals surface area contributed by atoms with Gasteiger partial charge in [0.2, 0.25) is 0 Å². The summed E-state index contributed by atoms with van der Waals surface area (Å²) < 4.78 is 24.0. The molecule has 0 fully saturated rings. The molecule has 0 atom stereocenters. The van der Waals surface area contributed by atoms with Gasteiger partial charge in [-0.05, 0) is 42.3 Å². The predicted molar refractivity (Wildman–Crippen MR) is 95.7 cm³/mol. The molecular formula is C19H16ClFN2O2. The van der Waals surface area contributed by atoms with Crippen molar-refractivity contribution in [1.82, 2.24) is 10.2 Å². The Bertz CT molecular complexity index is 892. The van der Waals surface area contributed by atoms with Gasteiger partial charge >= 0.3 is 0 Å². The first kappa shape index (κ1) is 17.2. The SMILES string of the molecule is COc1cc(OC)cc(-c2c(Cl)nnc(C)c2-c2ccc(F)cc2)c1. The molecule has 0 unspecified atom stereocenters. The van der Waals surface area contributed by atoms with Crippen LogP contribution in [0.15, 0.2) is 42.5 Å². The molecule has 128 valence electrons. The van der Waals surface area contributed by atoms with Crippen molar-refractivity contribution in [3.63, 3.8) is 0 Å². The summed E-state index contributed by atoms with van der Waals surface area (Å²) in [6.45, 7) is 1.84. The molecule has 0 aliphatic heterocycles. The van der Waals surface area contributed by atoms with Crippen LogP contribution >= 0.6 is 11.6 Å². The van der Waals surface area contributed by atoms with Gasteiger partial charge in [-0.3, -0.25) is 0 Å². The van der Waals surface area contributed by atoms with Gasteiger partial charge in [-0.25, -0.2) is 4.39 Å². The lowest BCUT2D eigenvalue weighted by molar-refractivity contribution is 0.394. The number of methoxy groups -OCH3 is 2. The molecule has 0 spiro atoms. The summed E-state index contributed by atoms with van der Waals surface area (Å²) in [7, 11) is 3.16. The van der Waals surface area contributed by atoms with Crippen LogP contribution in [0.3, 0.4) is 0 Å². The van der Waals surface area contributed by atoms with Crippen LogP contribution in [0.1, 0.15) is 5.69 Å². The zero-order valence-corrected chi connectivity index (χ0v) is 14.8. The van der Waals surface area contributed by atoms with Crippen molar-refractivity contribution in [2.24, 2.45) is 0 Å². The Labute approximate surface area is 150 Å². The highest BCUT2D eigenvalue weighted by atomic mass is 35.5. The van der Waals surface area contributed by atoms with Gasteiger partial charge in [-0.2, -0.15) is 5.10 Å². The summed E-state index contributed by atoms with van der Waals surface area (Å²) in [5, 5.41) is 8.39. The molecule has 1 aromatic heterocycles. The van der Waals surface area contributed by atoms with E-state index in [4.69, 9.17) is 21.1 Å². The van der Waals surface area contributed by atoms with Crippen LogP contribution in [0.2, 0.25) is 5.15 Å². The molecule has 0 radical (unpaired) electrons. The highest BCUT2D eigenvalue weighted by molar-refractivity contribution is 6.32. The second kappa shape index (κ2) is 7.07. The predicted octanol–water partition coefficient (Wildman–Crippen LogP) is 4.93. The first-order valence-corrected chi connectivity index (χ1v) is 7.93. The molecule has 4 nitrogen and oxygen atoms in total. The molecule has 0 aliphatic rings. The maximum absolute atomic E-state index is 13.3. The fraction of sp³-hybridized carbons (Fsp3) is 0.158. The lowest BCUT2D eigenvalue weighted by atomic mass is 9.94. The number of hydrogen-bond donors (Lipinski definition) is 0. The maximum Gasteiger partial charge on any atom is 0.160 e. The van der Waals surface area contributed by atoms with Crippen molar-refractivity contribution >= 4 is 11.6 Å². The minimum atomic E-state index is -0.306. The van der Waals surface area contributed by atoms with Gasteiger partial charge in [0.1, 0.15) is 17.3 Å². The standard InChI is InChI=1S/C19H16ClFN2O2/c1-11-17(12-4-6-14(21)7-5-12)18(19(20)23-22-11)13-8-15(24-2)10-16(9-13)25-3/h4-10H,1-3H3. The zero-order valence-electron chi connectivity index (χ0n) is 14.0. The van der Waals surface area contributed by atoms with Crippen LogP contribution in [0.5, 0.6) is 11.5 Å². The number of rotatable bonds is 4. The maximum atomic E-state index is 13.3. The van der Waals surface area contributed by atoms with E-state index >= 15 is 0 Å². The number of nitrogens with zero attached hydrogens (tertiary/aromatic N) is 2. The number of aromatic nitrogens is 2. The summed E-state index contributed by atoms with van der Waals surface area (Å²) in [5.74, 6) is 0.953. The monoisotopic (exact) mass is 358 g/mol. The third kappa shape index (κ3) is 3.42. The minimum absolute atomic E-state index is 0.250. The Morgan fingerprint density at radius 1 is 0.840 bits per heavy atom. The summed E-state index contributed by atoms with van der Waals surface area (Å²) >= 11 is 6.38. The van der Waals surface area contributed by atoms with Gasteiger partial charge in [-0.1, -0.05) is 23.7 Å². The largest absolute Gasteiger partial charge is 0.497 e. The van der Waals surface area contributed by atoms with Crippen molar-refractivity contribution in [1.29, 1.82) is 0 Å². The van der Waals surface area contributed by atoms with Crippen molar-refractivity contribution in [2.45, 2.75) is 6.92 Å². The van der Waals surface area contributed by atoms with E-state index in [1.165, 1.54) is 12.1 Å². The molecule has 0 aliphatic carbocycles. The van der Waals surface area contributed by atoms with Crippen LogP contribution in [0.4, 0.5) is 4.39 Å². The summed E-state index contributed by atoms with van der Waals surface area (Å²) in [6.07, 6.45) is 0. The Morgan fingerprint density at radius 2 is 1.44 bits per heavy atom. The van der Waals surface area contributed by atoms with Gasteiger partial charge in [-0.15, -0.1) is 5.10 Å². The van der Waals surface area contributed by atoms with Gasteiger partial charge in [0.25, 0.3) is 0 Å². The molecule has 6 heteroatoms. The third-order valence-electron chi connectivity index (χ3n) is 3.88. The highest BCUT2D eigenvalue weighted by Gasteiger charge is 2.18. The molecule has 0 amide bonds. The van der Waals surface area contributed by atoms with Gasteiger partial charge in [0.15, 0.2) is 5.15 Å². The van der Waals surface area contributed by atoms with E-state index in [-0.39, 0.29) is 11.0 Å². The molecular weight excluding hydrogens is 343 g/mol. The van der Waals surface area contributed by atoms with Crippen LogP contribution in [0.25, 0.3) is 22.3 Å². The smallest absolute Gasteiger partial charge is 0.160 e. The van der Waals surface area contributed by atoms with E-state index in [1.807, 2.05) is 19.1 Å². The molecule has 0 bridgehead atoms. The van der Waals surface area contributed by atoms with Crippen molar-refractivity contribution < 1.29 is 13.9 Å². The topological polar surface area (TPSA) is 44.2 Å². The second-order valence-corrected chi connectivity index (χ2v) is 5.79. The molecule has 0 saturated carbocycles. The molecule has 2 aromatic carbocycles. The van der Waals surface area contributed by atoms with Crippen LogP contribution in [0, 0.1) is 12.7 Å². The minimum Gasteiger partial charge on any atom is -0.497 e. The molecule has 3 aromatic rings. The summed E-state index contributed by atoms with van der Waals surface area (Å²) in [6, 6.07) is 11.7. The van der Waals surface area contributed by atoms with Crippen LogP contribution in [-0.4, -0.2) is 24.4 Å². The Hall–Kier alpha value is -2.66. The second-order valence-electron chi connectivity index (χ2n) is 5.43. The normalized spacial score (nSPS) is 10.6. The van der Waals surface area contributed by atoms with Crippen molar-refractivity contribution in [2.75, 3.05) is 14.2 Å². The van der Waals surface area contributed by atoms with E-state index in [0.717, 1.165) is 16.7 Å². The van der Waals surface area contributed by atoms with Gasteiger partial charge in [0, 0.05) is 17.2 Å². The van der Waals surface area contributed by atoms with E-state index in [9.17, 15) is 4.39 Å². The van der Waals surface area contributed by atoms with Gasteiger partial charge in [0.05, 0.1) is 19.9 Å². The Balaban J connectivity index is 2.29. The molecule has 0 N–H and O–H groups in total. The Kier molecular flexibility index (Phi) is 4.86. The van der Waals surface area contributed by atoms with Gasteiger partial charge < -0.3 is 9.47 Å². The lowest BCUT2D eigenvalue weighted by Gasteiger charge is -2.15. The molecule has 0 saturated heterocycles. The first-order valence-electron chi connectivity index (χ1n) is 7.55. The van der Waals surface area contributed by atoms with Crippen LogP contribution in [-0.2, 0) is 0 Å². The lowest BCUT2D eigenvalue weighted by Crippen LogP contribution is -1.98. The van der Waals surface area contributed by atoms with E-state index in [2.05, 4.69) is 10.2 Å². The number of ether oxygens (including phenoxy) is 2. The number of benzene rings is 2. The van der Waals surface area contributed by atoms with E-state index < -0.39 is 0 Å². The molecule has 3 rings (SSSR count). The summed E-state index contributed by atoms with van der Waals surface area (Å²) in [5.41, 5.74) is 3.74. The quantitative estimate of drug-likeness (QED) is 0.663. The fourth-order valence-corrected chi connectivity index (χ4v) is 2.93. The number of hydrogen-bond acceptors (Lipinski definition) is 4. The third-order valence-corrected chi connectivity index (χ3v) is 4.14. The zero-order chi connectivity index (χ0) is 18.0. The fourth-order valence-electron chi connectivity index (χ4n) is 2.69. The van der Waals surface area contributed by atoms with Crippen molar-refractivity contribution in [3.05, 3.63) is 59.1 Å².